The molecule has 1 aliphatic rings. The lowest BCUT2D eigenvalue weighted by Crippen LogP contribution is -2.35. The summed E-state index contributed by atoms with van der Waals surface area (Å²) in [4.78, 5) is 12.7. The maximum Gasteiger partial charge on any atom is 0.304 e. The fourth-order valence-corrected chi connectivity index (χ4v) is 2.10. The van der Waals surface area contributed by atoms with Crippen molar-refractivity contribution in [3.63, 3.8) is 0 Å². The van der Waals surface area contributed by atoms with Crippen LogP contribution >= 0.6 is 0 Å². The van der Waals surface area contributed by atoms with Crippen LogP contribution in [0, 0.1) is 5.92 Å². The van der Waals surface area contributed by atoms with Gasteiger partial charge in [0.25, 0.3) is 0 Å². The molecule has 4 heteroatoms. The van der Waals surface area contributed by atoms with Crippen LogP contribution in [-0.2, 0) is 4.79 Å². The van der Waals surface area contributed by atoms with E-state index < -0.39 is 5.97 Å². The van der Waals surface area contributed by atoms with Crippen molar-refractivity contribution >= 4 is 5.97 Å². The highest BCUT2D eigenvalue weighted by molar-refractivity contribution is 5.66. The number of nitrogens with one attached hydrogen (secondary N) is 1. The smallest absolute Gasteiger partial charge is 0.304 e. The van der Waals surface area contributed by atoms with Crippen molar-refractivity contribution in [1.29, 1.82) is 0 Å². The molecule has 0 spiro atoms. The molecule has 2 N–H and O–H groups in total. The van der Waals surface area contributed by atoms with Crippen LogP contribution in [0.3, 0.4) is 0 Å². The highest BCUT2D eigenvalue weighted by Crippen LogP contribution is 2.19. The molecular weight excluding hydrogens is 192 g/mol. The standard InChI is InChI=1S/C11H22N2O2/c1-12-6-2-10-3-7-13(8-4-10)9-5-11(14)15/h10,12H,2-9H2,1H3,(H,14,15). The molecule has 0 aromatic carbocycles. The Balaban J connectivity index is 2.09. The zero-order valence-electron chi connectivity index (χ0n) is 9.54. The van der Waals surface area contributed by atoms with Crippen LogP contribution in [0.25, 0.3) is 0 Å². The summed E-state index contributed by atoms with van der Waals surface area (Å²) in [5.41, 5.74) is 0. The van der Waals surface area contributed by atoms with Crippen molar-refractivity contribution in [2.75, 3.05) is 33.2 Å². The van der Waals surface area contributed by atoms with Gasteiger partial charge >= 0.3 is 5.97 Å². The molecule has 0 aromatic heterocycles. The van der Waals surface area contributed by atoms with E-state index in [9.17, 15) is 4.79 Å². The summed E-state index contributed by atoms with van der Waals surface area (Å²) in [6, 6.07) is 0. The zero-order chi connectivity index (χ0) is 11.1. The molecule has 0 aromatic rings. The Morgan fingerprint density at radius 1 is 1.47 bits per heavy atom. The van der Waals surface area contributed by atoms with E-state index in [-0.39, 0.29) is 6.42 Å². The van der Waals surface area contributed by atoms with Gasteiger partial charge in [-0.1, -0.05) is 0 Å². The molecule has 15 heavy (non-hydrogen) atoms. The molecule has 0 radical (unpaired) electrons. The van der Waals surface area contributed by atoms with Gasteiger partial charge in [0.15, 0.2) is 0 Å². The number of hydrogen-bond acceptors (Lipinski definition) is 3. The lowest BCUT2D eigenvalue weighted by atomic mass is 9.93. The van der Waals surface area contributed by atoms with Crippen molar-refractivity contribution in [2.24, 2.45) is 5.92 Å². The summed E-state index contributed by atoms with van der Waals surface area (Å²) >= 11 is 0. The summed E-state index contributed by atoms with van der Waals surface area (Å²) in [6.07, 6.45) is 3.98. The molecule has 4 nitrogen and oxygen atoms in total. The minimum absolute atomic E-state index is 0.279. The number of likely N-dealkylation sites (tertiary alicyclic amines) is 1. The van der Waals surface area contributed by atoms with Crippen LogP contribution in [0.15, 0.2) is 0 Å². The van der Waals surface area contributed by atoms with E-state index in [1.807, 2.05) is 7.05 Å². The van der Waals surface area contributed by atoms with Gasteiger partial charge in [0.2, 0.25) is 0 Å². The molecule has 1 aliphatic heterocycles. The average molecular weight is 214 g/mol. The number of carboxylic acid groups (broad SMARTS) is 1. The molecule has 1 heterocycles. The first-order valence-electron chi connectivity index (χ1n) is 5.81. The lowest BCUT2D eigenvalue weighted by molar-refractivity contribution is -0.137. The Labute approximate surface area is 91.6 Å². The van der Waals surface area contributed by atoms with Crippen molar-refractivity contribution in [2.45, 2.75) is 25.7 Å². The van der Waals surface area contributed by atoms with Gasteiger partial charge in [0.1, 0.15) is 0 Å². The Morgan fingerprint density at radius 2 is 2.13 bits per heavy atom. The van der Waals surface area contributed by atoms with E-state index in [2.05, 4.69) is 10.2 Å². The summed E-state index contributed by atoms with van der Waals surface area (Å²) < 4.78 is 0. The topological polar surface area (TPSA) is 52.6 Å². The largest absolute Gasteiger partial charge is 0.481 e. The predicted octanol–water partition coefficient (Wildman–Crippen LogP) is 0.783. The highest BCUT2D eigenvalue weighted by atomic mass is 16.4. The molecule has 1 saturated heterocycles. The number of carboxylic acids is 1. The van der Waals surface area contributed by atoms with Gasteiger partial charge in [-0.05, 0) is 51.9 Å². The van der Waals surface area contributed by atoms with Crippen LogP contribution < -0.4 is 5.32 Å². The molecule has 88 valence electrons. The molecule has 0 saturated carbocycles. The predicted molar refractivity (Wildman–Crippen MR) is 60.0 cm³/mol. The maximum absolute atomic E-state index is 10.4. The van der Waals surface area contributed by atoms with Crippen molar-refractivity contribution in [3.05, 3.63) is 0 Å². The molecule has 0 amide bonds. The zero-order valence-corrected chi connectivity index (χ0v) is 9.54. The summed E-state index contributed by atoms with van der Waals surface area (Å²) in [5, 5.41) is 11.8. The number of hydrogen-bond donors (Lipinski definition) is 2. The van der Waals surface area contributed by atoms with Crippen molar-refractivity contribution in [3.8, 4) is 0 Å². The van der Waals surface area contributed by atoms with E-state index in [0.29, 0.717) is 6.54 Å². The first kappa shape index (κ1) is 12.5. The first-order valence-corrected chi connectivity index (χ1v) is 5.81. The second-order valence-corrected chi connectivity index (χ2v) is 4.32. The molecule has 1 fully saturated rings. The van der Waals surface area contributed by atoms with Gasteiger partial charge in [-0.3, -0.25) is 4.79 Å². The average Bonchev–Trinajstić information content (AvgIpc) is 2.25. The third-order valence-corrected chi connectivity index (χ3v) is 3.15. The normalized spacial score (nSPS) is 19.3. The third-order valence-electron chi connectivity index (χ3n) is 3.15. The van der Waals surface area contributed by atoms with E-state index in [4.69, 9.17) is 5.11 Å². The van der Waals surface area contributed by atoms with Gasteiger partial charge in [0.05, 0.1) is 6.42 Å². The second kappa shape index (κ2) is 6.80. The summed E-state index contributed by atoms with van der Waals surface area (Å²) in [6.45, 7) is 3.96. The first-order chi connectivity index (χ1) is 7.22. The minimum Gasteiger partial charge on any atom is -0.481 e. The van der Waals surface area contributed by atoms with Crippen molar-refractivity contribution in [1.82, 2.24) is 10.2 Å². The van der Waals surface area contributed by atoms with Crippen LogP contribution in [0.5, 0.6) is 0 Å². The van der Waals surface area contributed by atoms with Crippen LogP contribution in [0.4, 0.5) is 0 Å². The Bertz CT molecular complexity index is 189. The molecule has 0 unspecified atom stereocenters. The summed E-state index contributed by atoms with van der Waals surface area (Å²) in [5.74, 6) is 0.144. The number of piperidine rings is 1. The maximum atomic E-state index is 10.4. The van der Waals surface area contributed by atoms with Gasteiger partial charge in [-0.15, -0.1) is 0 Å². The van der Waals surface area contributed by atoms with E-state index in [1.54, 1.807) is 0 Å². The monoisotopic (exact) mass is 214 g/mol. The molecule has 0 atom stereocenters. The fraction of sp³-hybridized carbons (Fsp3) is 0.909. The molecule has 0 aliphatic carbocycles. The van der Waals surface area contributed by atoms with Gasteiger partial charge in [0, 0.05) is 6.54 Å². The Hall–Kier alpha value is -0.610. The number of nitrogens with zero attached hydrogens (tertiary/aromatic N) is 1. The van der Waals surface area contributed by atoms with Crippen LogP contribution in [0.2, 0.25) is 0 Å². The van der Waals surface area contributed by atoms with Gasteiger partial charge in [-0.2, -0.15) is 0 Å². The molecule has 1 rings (SSSR count). The Kier molecular flexibility index (Phi) is 5.65. The van der Waals surface area contributed by atoms with Crippen LogP contribution in [0.1, 0.15) is 25.7 Å². The second-order valence-electron chi connectivity index (χ2n) is 4.32. The lowest BCUT2D eigenvalue weighted by Gasteiger charge is -2.31. The van der Waals surface area contributed by atoms with Gasteiger partial charge < -0.3 is 15.3 Å². The van der Waals surface area contributed by atoms with E-state index >= 15 is 0 Å². The number of aliphatic carboxylic acids is 1. The number of carbonyl (C=O) groups is 1. The molecular formula is C11H22N2O2. The Morgan fingerprint density at radius 3 is 2.67 bits per heavy atom. The summed E-state index contributed by atoms with van der Waals surface area (Å²) in [7, 11) is 1.99. The van der Waals surface area contributed by atoms with E-state index in [0.717, 1.165) is 25.6 Å². The fourth-order valence-electron chi connectivity index (χ4n) is 2.10. The van der Waals surface area contributed by atoms with Crippen molar-refractivity contribution < 1.29 is 9.90 Å². The van der Waals surface area contributed by atoms with Gasteiger partial charge in [-0.25, -0.2) is 0 Å². The highest BCUT2D eigenvalue weighted by Gasteiger charge is 2.18. The number of rotatable bonds is 6. The van der Waals surface area contributed by atoms with E-state index in [1.165, 1.54) is 19.3 Å². The van der Waals surface area contributed by atoms with Crippen LogP contribution in [-0.4, -0.2) is 49.2 Å². The quantitative estimate of drug-likeness (QED) is 0.686. The third kappa shape index (κ3) is 5.14. The minimum atomic E-state index is -0.688. The SMILES string of the molecule is CNCCC1CCN(CCC(=O)O)CC1. The molecule has 0 bridgehead atoms.